The van der Waals surface area contributed by atoms with Crippen LogP contribution in [0.2, 0.25) is 28.7 Å². The lowest BCUT2D eigenvalue weighted by atomic mass is 10.1. The van der Waals surface area contributed by atoms with Crippen LogP contribution in [0.1, 0.15) is 41.5 Å². The number of rotatable bonds is 4. The van der Waals surface area contributed by atoms with Crippen LogP contribution in [0, 0.1) is 0 Å². The molecular formula is C19H28Cl2N4OSi. The summed E-state index contributed by atoms with van der Waals surface area (Å²) >= 11 is 11.8. The Balaban J connectivity index is 2.38. The van der Waals surface area contributed by atoms with Crippen LogP contribution in [0.3, 0.4) is 0 Å². The fraction of sp³-hybridized carbons (Fsp3) is 0.526. The first-order valence-electron chi connectivity index (χ1n) is 8.87. The summed E-state index contributed by atoms with van der Waals surface area (Å²) in [5.41, 5.74) is 1.59. The number of anilines is 1. The van der Waals surface area contributed by atoms with Crippen molar-refractivity contribution in [2.24, 2.45) is 0 Å². The van der Waals surface area contributed by atoms with E-state index in [9.17, 15) is 0 Å². The van der Waals surface area contributed by atoms with E-state index < -0.39 is 8.32 Å². The van der Waals surface area contributed by atoms with Gasteiger partial charge in [0.25, 0.3) is 0 Å². The van der Waals surface area contributed by atoms with Gasteiger partial charge in [-0.3, -0.25) is 5.06 Å². The molecule has 2 rings (SSSR count). The highest BCUT2D eigenvalue weighted by Gasteiger charge is 2.42. The molecule has 0 fully saturated rings. The molecular weight excluding hydrogens is 399 g/mol. The highest BCUT2D eigenvalue weighted by Crippen LogP contribution is 2.39. The van der Waals surface area contributed by atoms with Gasteiger partial charge in [0, 0.05) is 5.56 Å². The van der Waals surface area contributed by atoms with Crippen LogP contribution in [0.15, 0.2) is 24.3 Å². The number of nitrogens with zero attached hydrogens (tertiary/aromatic N) is 4. The van der Waals surface area contributed by atoms with E-state index in [2.05, 4.69) is 69.6 Å². The highest BCUT2D eigenvalue weighted by molar-refractivity contribution is 6.74. The molecule has 8 heteroatoms. The first-order chi connectivity index (χ1) is 12.2. The Bertz CT molecular complexity index is 779. The van der Waals surface area contributed by atoms with Crippen molar-refractivity contribution in [3.63, 3.8) is 0 Å². The molecule has 148 valence electrons. The molecule has 0 radical (unpaired) electrons. The van der Waals surface area contributed by atoms with Gasteiger partial charge in [-0.2, -0.15) is 15.0 Å². The smallest absolute Gasteiger partial charge is 0.228 e. The Hall–Kier alpha value is -1.21. The van der Waals surface area contributed by atoms with Crippen molar-refractivity contribution in [1.29, 1.82) is 0 Å². The summed E-state index contributed by atoms with van der Waals surface area (Å²) in [4.78, 5) is 12.1. The average Bonchev–Trinajstić information content (AvgIpc) is 2.50. The maximum Gasteiger partial charge on any atom is 0.228 e. The van der Waals surface area contributed by atoms with Crippen LogP contribution in [-0.4, -0.2) is 28.8 Å². The van der Waals surface area contributed by atoms with Gasteiger partial charge in [-0.05, 0) is 86.4 Å². The predicted molar refractivity (Wildman–Crippen MR) is 116 cm³/mol. The lowest BCUT2D eigenvalue weighted by Gasteiger charge is -2.45. The molecule has 0 atom stereocenters. The van der Waals surface area contributed by atoms with E-state index in [1.807, 2.05) is 29.3 Å². The third-order valence-electron chi connectivity index (χ3n) is 4.68. The van der Waals surface area contributed by atoms with Crippen LogP contribution in [-0.2, 0) is 4.53 Å². The topological polar surface area (TPSA) is 51.1 Å². The molecule has 0 aliphatic carbocycles. The minimum absolute atomic E-state index is 0.0756. The fourth-order valence-electron chi connectivity index (χ4n) is 2.14. The zero-order chi connectivity index (χ0) is 20.6. The summed E-state index contributed by atoms with van der Waals surface area (Å²) in [6, 6.07) is 7.87. The average molecular weight is 427 g/mol. The summed E-state index contributed by atoms with van der Waals surface area (Å²) in [5, 5.41) is 2.27. The Kier molecular flexibility index (Phi) is 6.26. The van der Waals surface area contributed by atoms with E-state index in [0.717, 1.165) is 11.3 Å². The van der Waals surface area contributed by atoms with Crippen LogP contribution >= 0.6 is 23.2 Å². The molecule has 1 aromatic heterocycles. The third-order valence-corrected chi connectivity index (χ3v) is 9.27. The Morgan fingerprint density at radius 1 is 0.852 bits per heavy atom. The summed E-state index contributed by atoms with van der Waals surface area (Å²) in [5.74, 6) is 0.444. The number of hydrogen-bond acceptors (Lipinski definition) is 5. The minimum Gasteiger partial charge on any atom is -0.319 e. The number of halogens is 2. The van der Waals surface area contributed by atoms with E-state index in [1.54, 1.807) is 0 Å². The molecule has 27 heavy (non-hydrogen) atoms. The van der Waals surface area contributed by atoms with Crippen molar-refractivity contribution in [2.45, 2.75) is 65.2 Å². The fourth-order valence-corrected chi connectivity index (χ4v) is 3.62. The van der Waals surface area contributed by atoms with Gasteiger partial charge in [0.15, 0.2) is 5.82 Å². The maximum atomic E-state index is 6.63. The Labute approximate surface area is 173 Å². The lowest BCUT2D eigenvalue weighted by molar-refractivity contribution is 0.185. The largest absolute Gasteiger partial charge is 0.319 e. The Morgan fingerprint density at radius 3 is 1.74 bits per heavy atom. The second-order valence-corrected chi connectivity index (χ2v) is 14.4. The van der Waals surface area contributed by atoms with Crippen LogP contribution in [0.4, 0.5) is 5.69 Å². The molecule has 1 aromatic carbocycles. The summed E-state index contributed by atoms with van der Waals surface area (Å²) < 4.78 is 6.63. The molecule has 0 aliphatic heterocycles. The standard InChI is InChI=1S/C19H28Cl2N4OSi/c1-18(2,3)25(26-27(7,8)19(4,5)6)14-11-9-13(10-12-14)15-22-16(20)24-17(21)23-15/h9-12H,1-8H3. The number of benzene rings is 1. The van der Waals surface area contributed by atoms with Crippen molar-refractivity contribution in [3.05, 3.63) is 34.8 Å². The van der Waals surface area contributed by atoms with Crippen molar-refractivity contribution in [3.8, 4) is 11.4 Å². The predicted octanol–water partition coefficient (Wildman–Crippen LogP) is 6.39. The van der Waals surface area contributed by atoms with Crippen molar-refractivity contribution >= 4 is 37.2 Å². The first-order valence-corrected chi connectivity index (χ1v) is 12.5. The van der Waals surface area contributed by atoms with Gasteiger partial charge in [-0.15, -0.1) is 0 Å². The van der Waals surface area contributed by atoms with E-state index in [1.165, 1.54) is 0 Å². The molecule has 0 amide bonds. The SMILES string of the molecule is CC(C)(C)N(O[Si](C)(C)C(C)(C)C)c1ccc(-c2nc(Cl)nc(Cl)n2)cc1. The number of hydrogen-bond donors (Lipinski definition) is 0. The normalized spacial score (nSPS) is 13.0. The van der Waals surface area contributed by atoms with Gasteiger partial charge in [-0.25, -0.2) is 0 Å². The molecule has 0 saturated carbocycles. The van der Waals surface area contributed by atoms with Crippen LogP contribution in [0.5, 0.6) is 0 Å². The monoisotopic (exact) mass is 426 g/mol. The molecule has 0 bridgehead atoms. The van der Waals surface area contributed by atoms with E-state index in [0.29, 0.717) is 5.82 Å². The number of aromatic nitrogens is 3. The summed E-state index contributed by atoms with van der Waals surface area (Å²) in [6.07, 6.45) is 0. The summed E-state index contributed by atoms with van der Waals surface area (Å²) in [7, 11) is -1.99. The van der Waals surface area contributed by atoms with E-state index in [4.69, 9.17) is 27.7 Å². The van der Waals surface area contributed by atoms with Gasteiger partial charge < -0.3 is 4.53 Å². The first kappa shape index (κ1) is 22.1. The summed E-state index contributed by atoms with van der Waals surface area (Å²) in [6.45, 7) is 17.6. The minimum atomic E-state index is -1.99. The molecule has 0 unspecified atom stereocenters. The second kappa shape index (κ2) is 7.66. The zero-order valence-electron chi connectivity index (χ0n) is 17.3. The van der Waals surface area contributed by atoms with E-state index in [-0.39, 0.29) is 21.1 Å². The molecule has 0 spiro atoms. The van der Waals surface area contributed by atoms with Gasteiger partial charge in [-0.1, -0.05) is 20.8 Å². The van der Waals surface area contributed by atoms with Crippen LogP contribution < -0.4 is 5.06 Å². The van der Waals surface area contributed by atoms with Gasteiger partial charge in [0.2, 0.25) is 18.9 Å². The Morgan fingerprint density at radius 2 is 1.33 bits per heavy atom. The van der Waals surface area contributed by atoms with Crippen LogP contribution in [0.25, 0.3) is 11.4 Å². The molecule has 2 aromatic rings. The van der Waals surface area contributed by atoms with E-state index >= 15 is 0 Å². The quantitative estimate of drug-likeness (QED) is 0.418. The van der Waals surface area contributed by atoms with Crippen molar-refractivity contribution in [2.75, 3.05) is 5.06 Å². The van der Waals surface area contributed by atoms with Gasteiger partial charge in [0.1, 0.15) is 0 Å². The second-order valence-electron chi connectivity index (χ2n) is 9.06. The molecule has 0 aliphatic rings. The van der Waals surface area contributed by atoms with Gasteiger partial charge >= 0.3 is 0 Å². The van der Waals surface area contributed by atoms with Crippen molar-refractivity contribution in [1.82, 2.24) is 15.0 Å². The third kappa shape index (κ3) is 5.41. The molecule has 0 N–H and O–H groups in total. The molecule has 0 saturated heterocycles. The zero-order valence-corrected chi connectivity index (χ0v) is 19.8. The lowest BCUT2D eigenvalue weighted by Crippen LogP contribution is -2.52. The molecule has 5 nitrogen and oxygen atoms in total. The maximum absolute atomic E-state index is 6.63. The number of hydroxylamine groups is 1. The van der Waals surface area contributed by atoms with Crippen molar-refractivity contribution < 1.29 is 4.53 Å². The van der Waals surface area contributed by atoms with Gasteiger partial charge in [0.05, 0.1) is 11.2 Å². The molecule has 1 heterocycles. The highest BCUT2D eigenvalue weighted by atomic mass is 35.5.